The van der Waals surface area contributed by atoms with Gasteiger partial charge >= 0.3 is 0 Å². The molecule has 0 saturated heterocycles. The van der Waals surface area contributed by atoms with Gasteiger partial charge in [-0.1, -0.05) is 0 Å². The lowest BCUT2D eigenvalue weighted by Crippen LogP contribution is -2.96. The lowest BCUT2D eigenvalue weighted by molar-refractivity contribution is 3.18. The van der Waals surface area contributed by atoms with Gasteiger partial charge < -0.3 is 0 Å². The predicted octanol–water partition coefficient (Wildman–Crippen LogP) is -30.8. The summed E-state index contributed by atoms with van der Waals surface area (Å²) in [7, 11) is 280. The van der Waals surface area contributed by atoms with Crippen LogP contribution in [0.5, 0.6) is 0 Å². The SMILES string of the molecule is [B]B([B])B([B])B(B([B])[B])B(B([B]B(B(B(B([B])[B])B([B])[B])B(B([B])[B])B([B])[B])B(B(B([B])[B])B([B])[B])B(B([B])[B])B([B])[B])B(B(B(B([B])[B])B([B])[B])B(B([B])[B])B([B])[B])B(B(B([B])[B])B([B])[B])B(B([B])[B])B([B])[B])B(B([B])[B])B([B])[B]. The van der Waals surface area contributed by atoms with Crippen LogP contribution in [-0.4, -0.2) is 573 Å². The largest absolute Gasteiger partial charge is 0 e. The van der Waals surface area contributed by atoms with Gasteiger partial charge in [-0.15, -0.1) is 0 Å². The summed E-state index contributed by atoms with van der Waals surface area (Å²) in [6, 6.07) is 0. The van der Waals surface area contributed by atoms with Gasteiger partial charge in [-0.25, -0.2) is 0 Å². The van der Waals surface area contributed by atoms with Crippen LogP contribution in [0.3, 0.4) is 0 Å². The fraction of sp³-hybridized carbons (Fsp3) is 0. The van der Waals surface area contributed by atoms with E-state index in [2.05, 4.69) is 0 Å². The third-order valence-electron chi connectivity index (χ3n) is 16.9. The standard InChI is InChI=1S/B81/c1-43(2)63(41)75(62(39)40)78(70(52(19)20)53(21)22)65(79(80(71(54(23)24)55(25)26)72(56(27)28)57(29)30)81(73(58(31)32)59(33)34)74(60(35)36)61(37)38)42-64(76(66(44(3)4)45(5)6)67(46(7)8)47(9)10)77(68(48(11)12)49(13)14)69(50(15)16)51(17)18. The molecule has 0 spiro atoms. The molecule has 0 unspecified atom stereocenters. The molecule has 0 atom stereocenters. The highest BCUT2D eigenvalue weighted by Gasteiger charge is 2.62. The number of rotatable bonds is 39. The van der Waals surface area contributed by atoms with Gasteiger partial charge in [-0.3, -0.25) is 0 Å². The molecule has 0 amide bonds. The quantitative estimate of drug-likeness (QED) is 0.0540. The van der Waals surface area contributed by atoms with Gasteiger partial charge in [0.05, 0.1) is 0 Å². The molecular weight excluding hydrogens is 876 g/mol. The molecule has 0 rings (SSSR count). The van der Waals surface area contributed by atoms with E-state index in [4.69, 9.17) is 317 Å². The molecule has 0 aromatic rings. The van der Waals surface area contributed by atoms with E-state index in [9.17, 15) is 0 Å². The van der Waals surface area contributed by atoms with E-state index < -0.39 is 249 Å². The first-order chi connectivity index (χ1) is 36.8. The van der Waals surface area contributed by atoms with Crippen molar-refractivity contribution >= 4 is 573 Å². The molecular formula is B81. The van der Waals surface area contributed by atoms with Crippen molar-refractivity contribution in [2.45, 2.75) is 0 Å². The van der Waals surface area contributed by atoms with Gasteiger partial charge in [0.15, 0.2) is 0 Å². The second kappa shape index (κ2) is 39.8. The number of hydrogen-bond acceptors (Lipinski definition) is 0. The summed E-state index contributed by atoms with van der Waals surface area (Å²) in [5.41, 5.74) is 0. The van der Waals surface area contributed by atoms with Crippen LogP contribution in [0.25, 0.3) is 0 Å². The smallest absolute Gasteiger partial charge is 0 e. The average molecular weight is 876 g/mol. The maximum atomic E-state index is 7.11. The predicted molar refractivity (Wildman–Crippen MR) is 466 cm³/mol. The Morgan fingerprint density at radius 1 is 0.111 bits per heavy atom. The summed E-state index contributed by atoms with van der Waals surface area (Å²) in [5, 5.41) is 0. The molecule has 0 saturated carbocycles. The minimum Gasteiger partial charge on any atom is 0 e. The van der Waals surface area contributed by atoms with E-state index >= 15 is 0 Å². The van der Waals surface area contributed by atoms with Crippen LogP contribution >= 0.6 is 0 Å². The topological polar surface area (TPSA) is 0 Å². The Labute approximate surface area is 567 Å². The molecule has 81 heteroatoms. The van der Waals surface area contributed by atoms with Crippen LogP contribution in [-0.2, 0) is 0 Å². The van der Waals surface area contributed by atoms with E-state index in [1.165, 1.54) is 0 Å². The average Bonchev–Trinajstić information content (AvgIpc) is 3.24. The van der Waals surface area contributed by atoms with Crippen molar-refractivity contribution in [2.24, 2.45) is 0 Å². The van der Waals surface area contributed by atoms with Crippen LogP contribution in [0.4, 0.5) is 0 Å². The van der Waals surface area contributed by atoms with Crippen molar-refractivity contribution in [1.29, 1.82) is 0 Å². The van der Waals surface area contributed by atoms with Gasteiger partial charge in [0.1, 0.15) is 0 Å². The van der Waals surface area contributed by atoms with Gasteiger partial charge in [-0.2, -0.15) is 0 Å². The fourth-order valence-corrected chi connectivity index (χ4v) is 13.9. The zero-order valence-corrected chi connectivity index (χ0v) is 46.8. The molecule has 0 bridgehead atoms. The maximum Gasteiger partial charge on any atom is 0 e. The Balaban J connectivity index is 12.1. The van der Waals surface area contributed by atoms with Gasteiger partial charge in [0, 0.05) is 573 Å². The van der Waals surface area contributed by atoms with Crippen molar-refractivity contribution in [3.8, 4) is 0 Å². The van der Waals surface area contributed by atoms with Gasteiger partial charge in [-0.05, 0) is 0 Å². The summed E-state index contributed by atoms with van der Waals surface area (Å²) in [4.78, 5) is 0. The summed E-state index contributed by atoms with van der Waals surface area (Å²) in [5.74, 6) is 0. The van der Waals surface area contributed by atoms with Crippen molar-refractivity contribution in [1.82, 2.24) is 0 Å². The van der Waals surface area contributed by atoms with Gasteiger partial charge in [0.25, 0.3) is 0 Å². The Kier molecular flexibility index (Phi) is 42.4. The Morgan fingerprint density at radius 2 is 0.222 bits per heavy atom. The number of hydrogen-bond donors (Lipinski definition) is 0. The molecule has 0 heterocycles. The van der Waals surface area contributed by atoms with E-state index in [-0.39, 0.29) is 0 Å². The molecule has 0 aromatic heterocycles. The summed E-state index contributed by atoms with van der Waals surface area (Å²) in [6.07, 6.45) is -61.8. The van der Waals surface area contributed by atoms with Crippen LogP contribution in [0, 0.1) is 0 Å². The molecule has 0 aliphatic carbocycles. The normalized spacial score (nSPS) is 9.78. The van der Waals surface area contributed by atoms with Crippen molar-refractivity contribution in [3.63, 3.8) is 0 Å². The summed E-state index contributed by atoms with van der Waals surface area (Å²) < 4.78 is 0. The van der Waals surface area contributed by atoms with Crippen molar-refractivity contribution in [3.05, 3.63) is 0 Å². The van der Waals surface area contributed by atoms with Crippen LogP contribution in [0.1, 0.15) is 0 Å². The first-order valence-corrected chi connectivity index (χ1v) is 26.7. The molecule has 0 aromatic carbocycles. The van der Waals surface area contributed by atoms with Crippen LogP contribution < -0.4 is 0 Å². The van der Waals surface area contributed by atoms with E-state index in [0.29, 0.717) is 0 Å². The lowest BCUT2D eigenvalue weighted by atomic mass is 8.24. The Hall–Kier alpha value is 5.26. The zero-order valence-electron chi connectivity index (χ0n) is 46.8. The van der Waals surface area contributed by atoms with Crippen molar-refractivity contribution < 1.29 is 0 Å². The minimum absolute atomic E-state index is 1.47. The molecule has 0 N–H and O–H groups in total. The monoisotopic (exact) mass is 892 g/mol. The Bertz CT molecular complexity index is 1340. The summed E-state index contributed by atoms with van der Waals surface area (Å²) >= 11 is 0. The van der Waals surface area contributed by atoms with E-state index in [1.807, 2.05) is 0 Å². The highest BCUT2D eigenvalue weighted by molar-refractivity contribution is 8.38. The van der Waals surface area contributed by atoms with E-state index in [0.717, 1.165) is 0 Å². The summed E-state index contributed by atoms with van der Waals surface area (Å²) in [6.45, 7) is 0. The van der Waals surface area contributed by atoms with E-state index in [1.54, 1.807) is 7.06 Å². The molecule has 0 aliphatic rings. The highest BCUT2D eigenvalue weighted by atomic mass is 13.4. The fourth-order valence-electron chi connectivity index (χ4n) is 13.9. The molecule has 0 nitrogen and oxygen atoms in total. The molecule has 243 valence electrons. The third-order valence-corrected chi connectivity index (χ3v) is 16.9. The Morgan fingerprint density at radius 3 is 0.346 bits per heavy atom. The molecule has 81 heavy (non-hydrogen) atoms. The molecule has 0 aliphatic heterocycles. The molecule has 0 fully saturated rings. The second-order valence-electron chi connectivity index (χ2n) is 22.7. The van der Waals surface area contributed by atoms with Crippen LogP contribution in [0.2, 0.25) is 0 Å². The van der Waals surface area contributed by atoms with Crippen LogP contribution in [0.15, 0.2) is 0 Å². The first-order valence-electron chi connectivity index (χ1n) is 26.7. The lowest BCUT2D eigenvalue weighted by Gasteiger charge is -2.58. The minimum atomic E-state index is -1.78. The molecule has 83 radical (unpaired) electrons. The third kappa shape index (κ3) is 23.9. The van der Waals surface area contributed by atoms with Gasteiger partial charge in [0.2, 0.25) is 0 Å². The first kappa shape index (κ1) is 86.3. The zero-order chi connectivity index (χ0) is 64.2. The highest BCUT2D eigenvalue weighted by Crippen LogP contribution is 2.24. The van der Waals surface area contributed by atoms with Crippen molar-refractivity contribution in [2.75, 3.05) is 0 Å². The second-order valence-corrected chi connectivity index (χ2v) is 22.7. The maximum absolute atomic E-state index is 7.11.